The van der Waals surface area contributed by atoms with Crippen LogP contribution in [0.1, 0.15) is 18.5 Å². The molecule has 3 rings (SSSR count). The van der Waals surface area contributed by atoms with Gasteiger partial charge in [-0.05, 0) is 23.4 Å². The summed E-state index contributed by atoms with van der Waals surface area (Å²) in [5, 5.41) is 14.7. The Balaban J connectivity index is 2.21. The van der Waals surface area contributed by atoms with Crippen molar-refractivity contribution in [1.82, 2.24) is 20.2 Å². The number of nitrogens with zero attached hydrogens (tertiary/aromatic N) is 4. The Morgan fingerprint density at radius 3 is 2.54 bits per heavy atom. The summed E-state index contributed by atoms with van der Waals surface area (Å²) in [5.41, 5.74) is 1.52. The molecule has 0 saturated carbocycles. The lowest BCUT2D eigenvalue weighted by Crippen LogP contribution is -2.30. The minimum Gasteiger partial charge on any atom is -0.496 e. The predicted molar refractivity (Wildman–Crippen MR) is 99.5 cm³/mol. The van der Waals surface area contributed by atoms with Gasteiger partial charge < -0.3 is 24.3 Å². The van der Waals surface area contributed by atoms with E-state index in [1.807, 2.05) is 0 Å². The zero-order valence-corrected chi connectivity index (χ0v) is 16.1. The topological polar surface area (TPSA) is 110 Å². The van der Waals surface area contributed by atoms with Crippen LogP contribution in [0, 0.1) is 0 Å². The summed E-state index contributed by atoms with van der Waals surface area (Å²) < 4.78 is 23.1. The summed E-state index contributed by atoms with van der Waals surface area (Å²) in [6.07, 6.45) is 1.50. The van der Waals surface area contributed by atoms with Gasteiger partial charge in [-0.2, -0.15) is 4.68 Å². The lowest BCUT2D eigenvalue weighted by atomic mass is 9.94. The highest BCUT2D eigenvalue weighted by atomic mass is 16.5. The Hall–Kier alpha value is -3.56. The number of fused-ring (bicyclic) bond motifs is 1. The number of aromatic nitrogens is 4. The maximum atomic E-state index is 12.8. The molecule has 28 heavy (non-hydrogen) atoms. The molecule has 1 aliphatic rings. The van der Waals surface area contributed by atoms with Crippen molar-refractivity contribution in [2.45, 2.75) is 13.0 Å². The number of methoxy groups -OCH3 is 3. The molecule has 2 heterocycles. The average molecular weight is 387 g/mol. The van der Waals surface area contributed by atoms with E-state index in [1.54, 1.807) is 19.1 Å². The van der Waals surface area contributed by atoms with Crippen molar-refractivity contribution in [3.8, 4) is 17.2 Å². The van der Waals surface area contributed by atoms with Gasteiger partial charge >= 0.3 is 5.97 Å². The fraction of sp³-hybridized carbons (Fsp3) is 0.333. The second-order valence-corrected chi connectivity index (χ2v) is 5.85. The fourth-order valence-corrected chi connectivity index (χ4v) is 3.04. The zero-order chi connectivity index (χ0) is 20.3. The van der Waals surface area contributed by atoms with Crippen LogP contribution in [0.2, 0.25) is 0 Å². The molecule has 1 aliphatic heterocycles. The molecule has 0 spiro atoms. The number of benzene rings is 1. The summed E-state index contributed by atoms with van der Waals surface area (Å²) in [6.45, 7) is 5.40. The summed E-state index contributed by atoms with van der Waals surface area (Å²) in [6, 6.07) is 2.72. The van der Waals surface area contributed by atoms with E-state index in [-0.39, 0.29) is 6.61 Å². The first-order chi connectivity index (χ1) is 13.5. The van der Waals surface area contributed by atoms with Crippen molar-refractivity contribution in [3.63, 3.8) is 0 Å². The summed E-state index contributed by atoms with van der Waals surface area (Å²) in [4.78, 5) is 12.8. The number of hydrogen-bond donors (Lipinski definition) is 1. The number of tetrazole rings is 1. The first kappa shape index (κ1) is 19.2. The smallest absolute Gasteiger partial charge is 0.338 e. The molecular weight excluding hydrogens is 366 g/mol. The minimum atomic E-state index is -0.696. The van der Waals surface area contributed by atoms with Crippen LogP contribution in [0.5, 0.6) is 17.2 Å². The summed E-state index contributed by atoms with van der Waals surface area (Å²) in [5.74, 6) is 1.31. The van der Waals surface area contributed by atoms with Crippen molar-refractivity contribution in [3.05, 3.63) is 41.6 Å². The zero-order valence-electron chi connectivity index (χ0n) is 16.1. The van der Waals surface area contributed by atoms with Crippen molar-refractivity contribution in [2.24, 2.45) is 0 Å². The molecule has 148 valence electrons. The molecule has 10 heteroatoms. The molecular formula is C18H21N5O5. The molecule has 1 aromatic heterocycles. The van der Waals surface area contributed by atoms with E-state index < -0.39 is 12.0 Å². The molecule has 0 amide bonds. The molecule has 0 bridgehead atoms. The molecule has 0 fully saturated rings. The fourth-order valence-electron chi connectivity index (χ4n) is 3.04. The molecule has 10 nitrogen and oxygen atoms in total. The molecule has 0 aliphatic carbocycles. The van der Waals surface area contributed by atoms with Crippen LogP contribution in [0.4, 0.5) is 5.95 Å². The maximum absolute atomic E-state index is 12.8. The Morgan fingerprint density at radius 2 is 1.89 bits per heavy atom. The van der Waals surface area contributed by atoms with E-state index in [1.165, 1.54) is 32.1 Å². The largest absolute Gasteiger partial charge is 0.496 e. The van der Waals surface area contributed by atoms with Crippen LogP contribution < -0.4 is 19.5 Å². The van der Waals surface area contributed by atoms with Crippen molar-refractivity contribution in [1.29, 1.82) is 0 Å². The second kappa shape index (κ2) is 7.99. The Kier molecular flexibility index (Phi) is 5.48. The number of hydrogen-bond acceptors (Lipinski definition) is 9. The van der Waals surface area contributed by atoms with Crippen LogP contribution in [-0.4, -0.2) is 54.1 Å². The van der Waals surface area contributed by atoms with Gasteiger partial charge in [-0.3, -0.25) is 0 Å². The van der Waals surface area contributed by atoms with Crippen LogP contribution in [0.25, 0.3) is 0 Å². The molecule has 0 saturated heterocycles. The third-order valence-electron chi connectivity index (χ3n) is 4.30. The monoisotopic (exact) mass is 387 g/mol. The van der Waals surface area contributed by atoms with Crippen LogP contribution in [0.15, 0.2) is 36.1 Å². The first-order valence-electron chi connectivity index (χ1n) is 8.39. The molecule has 1 aromatic carbocycles. The van der Waals surface area contributed by atoms with Gasteiger partial charge in [-0.1, -0.05) is 17.8 Å². The summed E-state index contributed by atoms with van der Waals surface area (Å²) >= 11 is 0. The standard InChI is InChI=1S/C18H21N5O5/c1-6-7-28-17(24)15-10(2)19-18-20-21-22-23(18)16(15)11-8-13(26-4)14(27-5)9-12(11)25-3/h6,8-9,16H,1,7H2,2-5H3,(H,19,20,22)/t16-/m1/s1. The highest BCUT2D eigenvalue weighted by Crippen LogP contribution is 2.43. The highest BCUT2D eigenvalue weighted by molar-refractivity contribution is 5.92. The van der Waals surface area contributed by atoms with Gasteiger partial charge in [0.15, 0.2) is 11.5 Å². The Morgan fingerprint density at radius 1 is 1.21 bits per heavy atom. The van der Waals surface area contributed by atoms with Crippen LogP contribution >= 0.6 is 0 Å². The van der Waals surface area contributed by atoms with Gasteiger partial charge in [0.1, 0.15) is 18.4 Å². The predicted octanol–water partition coefficient (Wildman–Crippen LogP) is 1.72. The average Bonchev–Trinajstić information content (AvgIpc) is 3.17. The number of ether oxygens (including phenoxy) is 4. The molecule has 1 atom stereocenters. The van der Waals surface area contributed by atoms with Crippen LogP contribution in [-0.2, 0) is 9.53 Å². The first-order valence-corrected chi connectivity index (χ1v) is 8.39. The normalized spacial score (nSPS) is 15.4. The van der Waals surface area contributed by atoms with Crippen molar-refractivity contribution in [2.75, 3.05) is 33.3 Å². The van der Waals surface area contributed by atoms with E-state index in [4.69, 9.17) is 18.9 Å². The highest BCUT2D eigenvalue weighted by Gasteiger charge is 2.37. The van der Waals surface area contributed by atoms with Crippen LogP contribution in [0.3, 0.4) is 0 Å². The number of carbonyl (C=O) groups is 1. The number of allylic oxidation sites excluding steroid dienone is 1. The van der Waals surface area contributed by atoms with Crippen molar-refractivity contribution < 1.29 is 23.7 Å². The lowest BCUT2D eigenvalue weighted by molar-refractivity contribution is -0.138. The second-order valence-electron chi connectivity index (χ2n) is 5.85. The Bertz CT molecular complexity index is 936. The Labute approximate surface area is 161 Å². The number of rotatable bonds is 7. The number of carbonyl (C=O) groups excluding carboxylic acids is 1. The van der Waals surface area contributed by atoms with E-state index in [9.17, 15) is 4.79 Å². The van der Waals surface area contributed by atoms with E-state index in [0.29, 0.717) is 40.0 Å². The van der Waals surface area contributed by atoms with Gasteiger partial charge in [0, 0.05) is 17.3 Å². The maximum Gasteiger partial charge on any atom is 0.338 e. The molecule has 0 unspecified atom stereocenters. The van der Waals surface area contributed by atoms with Crippen molar-refractivity contribution >= 4 is 11.9 Å². The van der Waals surface area contributed by atoms with Gasteiger partial charge in [-0.25, -0.2) is 4.79 Å². The summed E-state index contributed by atoms with van der Waals surface area (Å²) in [7, 11) is 4.58. The molecule has 1 N–H and O–H groups in total. The quantitative estimate of drug-likeness (QED) is 0.561. The molecule has 2 aromatic rings. The molecule has 0 radical (unpaired) electrons. The van der Waals surface area contributed by atoms with Gasteiger partial charge in [0.05, 0.1) is 26.9 Å². The third-order valence-corrected chi connectivity index (χ3v) is 4.30. The van der Waals surface area contributed by atoms with E-state index >= 15 is 0 Å². The lowest BCUT2D eigenvalue weighted by Gasteiger charge is -2.28. The van der Waals surface area contributed by atoms with E-state index in [0.717, 1.165) is 0 Å². The van der Waals surface area contributed by atoms with Gasteiger partial charge in [0.25, 0.3) is 0 Å². The van der Waals surface area contributed by atoms with Gasteiger partial charge in [0.2, 0.25) is 5.95 Å². The van der Waals surface area contributed by atoms with Gasteiger partial charge in [-0.15, -0.1) is 0 Å². The minimum absolute atomic E-state index is 0.0772. The third kappa shape index (κ3) is 3.24. The van der Waals surface area contributed by atoms with E-state index in [2.05, 4.69) is 27.4 Å². The number of nitrogens with one attached hydrogen (secondary N) is 1. The SMILES string of the molecule is C=CCOC(=O)C1=C(C)Nc2nnnn2[C@@H]1c1cc(OC)c(OC)cc1OC. The number of esters is 1. The number of anilines is 1.